The Morgan fingerprint density at radius 1 is 1.25 bits per heavy atom. The monoisotopic (exact) mass is 298 g/mol. The minimum absolute atomic E-state index is 0.669. The summed E-state index contributed by atoms with van der Waals surface area (Å²) in [4.78, 5) is 2.65. The summed E-state index contributed by atoms with van der Waals surface area (Å²) in [7, 11) is 0. The zero-order valence-corrected chi connectivity index (χ0v) is 13.9. The number of nitrogens with one attached hydrogen (secondary N) is 1. The summed E-state index contributed by atoms with van der Waals surface area (Å²) in [5.74, 6) is 1.65. The Kier molecular flexibility index (Phi) is 6.86. The van der Waals surface area contributed by atoms with Gasteiger partial charge in [-0.25, -0.2) is 0 Å². The SMILES string of the molecule is CC(C)CC1CNC(C2CCCCC2)CN1C/C=C/Cl. The summed E-state index contributed by atoms with van der Waals surface area (Å²) < 4.78 is 0. The molecule has 0 radical (unpaired) electrons. The van der Waals surface area contributed by atoms with Crippen LogP contribution in [0.5, 0.6) is 0 Å². The van der Waals surface area contributed by atoms with Crippen LogP contribution in [0, 0.1) is 11.8 Å². The smallest absolute Gasteiger partial charge is 0.0227 e. The second-order valence-corrected chi connectivity index (χ2v) is 7.26. The first-order valence-electron chi connectivity index (χ1n) is 8.43. The van der Waals surface area contributed by atoms with Crippen molar-refractivity contribution < 1.29 is 0 Å². The second kappa shape index (κ2) is 8.41. The van der Waals surface area contributed by atoms with Crippen LogP contribution in [0.4, 0.5) is 0 Å². The molecule has 20 heavy (non-hydrogen) atoms. The van der Waals surface area contributed by atoms with E-state index in [1.54, 1.807) is 5.54 Å². The Labute approximate surface area is 129 Å². The van der Waals surface area contributed by atoms with Gasteiger partial charge in [0.25, 0.3) is 0 Å². The minimum atomic E-state index is 0.669. The number of piperazine rings is 1. The molecule has 2 unspecified atom stereocenters. The zero-order valence-electron chi connectivity index (χ0n) is 13.2. The average molecular weight is 299 g/mol. The number of rotatable bonds is 5. The van der Waals surface area contributed by atoms with Gasteiger partial charge in [0, 0.05) is 37.3 Å². The third kappa shape index (κ3) is 4.75. The molecule has 1 saturated carbocycles. The standard InChI is InChI=1S/C17H31ClN2/c1-14(2)11-16-12-19-17(13-20(16)10-6-9-18)15-7-4-3-5-8-15/h6,9,14-17,19H,3-5,7-8,10-13H2,1-2H3/b9-6+. The van der Waals surface area contributed by atoms with E-state index in [0.717, 1.165) is 24.9 Å². The van der Waals surface area contributed by atoms with Crippen molar-refractivity contribution >= 4 is 11.6 Å². The highest BCUT2D eigenvalue weighted by atomic mass is 35.5. The quantitative estimate of drug-likeness (QED) is 0.825. The van der Waals surface area contributed by atoms with E-state index in [1.165, 1.54) is 45.1 Å². The Bertz CT molecular complexity index is 297. The van der Waals surface area contributed by atoms with Crippen LogP contribution in [0.15, 0.2) is 11.6 Å². The molecule has 1 saturated heterocycles. The van der Waals surface area contributed by atoms with Gasteiger partial charge in [0.15, 0.2) is 0 Å². The van der Waals surface area contributed by atoms with Crippen LogP contribution in [0.2, 0.25) is 0 Å². The van der Waals surface area contributed by atoms with Gasteiger partial charge in [0.2, 0.25) is 0 Å². The largest absolute Gasteiger partial charge is 0.311 e. The third-order valence-corrected chi connectivity index (χ3v) is 5.13. The number of halogens is 1. The molecule has 1 heterocycles. The lowest BCUT2D eigenvalue weighted by Gasteiger charge is -2.44. The number of hydrogen-bond donors (Lipinski definition) is 1. The molecule has 116 valence electrons. The van der Waals surface area contributed by atoms with Gasteiger partial charge in [-0.2, -0.15) is 0 Å². The summed E-state index contributed by atoms with van der Waals surface area (Å²) in [6.07, 6.45) is 10.5. The van der Waals surface area contributed by atoms with Crippen LogP contribution in [-0.4, -0.2) is 36.6 Å². The molecule has 1 N–H and O–H groups in total. The van der Waals surface area contributed by atoms with Crippen molar-refractivity contribution in [2.24, 2.45) is 11.8 Å². The molecule has 0 aromatic carbocycles. The summed E-state index contributed by atoms with van der Waals surface area (Å²) in [5.41, 5.74) is 1.67. The van der Waals surface area contributed by atoms with Crippen molar-refractivity contribution in [3.05, 3.63) is 11.6 Å². The van der Waals surface area contributed by atoms with Gasteiger partial charge in [-0.05, 0) is 31.1 Å². The highest BCUT2D eigenvalue weighted by molar-refractivity contribution is 6.25. The third-order valence-electron chi connectivity index (χ3n) is 4.95. The van der Waals surface area contributed by atoms with Crippen LogP contribution >= 0.6 is 11.6 Å². The molecule has 3 heteroatoms. The van der Waals surface area contributed by atoms with Gasteiger partial charge in [0.1, 0.15) is 0 Å². The van der Waals surface area contributed by atoms with Gasteiger partial charge in [-0.1, -0.05) is 50.8 Å². The summed E-state index contributed by atoms with van der Waals surface area (Å²) >= 11 is 5.74. The van der Waals surface area contributed by atoms with E-state index >= 15 is 0 Å². The fourth-order valence-electron chi connectivity index (χ4n) is 3.91. The van der Waals surface area contributed by atoms with Crippen molar-refractivity contribution in [3.8, 4) is 0 Å². The first-order chi connectivity index (χ1) is 9.70. The van der Waals surface area contributed by atoms with E-state index in [2.05, 4.69) is 30.1 Å². The zero-order chi connectivity index (χ0) is 14.4. The number of nitrogens with zero attached hydrogens (tertiary/aromatic N) is 1. The van der Waals surface area contributed by atoms with Crippen LogP contribution in [0.3, 0.4) is 0 Å². The van der Waals surface area contributed by atoms with Crippen LogP contribution in [-0.2, 0) is 0 Å². The first-order valence-corrected chi connectivity index (χ1v) is 8.87. The molecule has 0 amide bonds. The molecule has 0 aromatic rings. The maximum Gasteiger partial charge on any atom is 0.0227 e. The van der Waals surface area contributed by atoms with Gasteiger partial charge in [-0.15, -0.1) is 0 Å². The van der Waals surface area contributed by atoms with Gasteiger partial charge in [-0.3, -0.25) is 4.90 Å². The molecular weight excluding hydrogens is 268 g/mol. The maximum atomic E-state index is 5.74. The molecule has 0 bridgehead atoms. The number of hydrogen-bond acceptors (Lipinski definition) is 2. The molecule has 2 aliphatic rings. The summed E-state index contributed by atoms with van der Waals surface area (Å²) in [6, 6.07) is 1.37. The van der Waals surface area contributed by atoms with Crippen LogP contribution < -0.4 is 5.32 Å². The maximum absolute atomic E-state index is 5.74. The van der Waals surface area contributed by atoms with Gasteiger partial charge < -0.3 is 5.32 Å². The second-order valence-electron chi connectivity index (χ2n) is 7.01. The molecule has 2 rings (SSSR count). The lowest BCUT2D eigenvalue weighted by atomic mass is 9.82. The molecule has 1 aliphatic carbocycles. The lowest BCUT2D eigenvalue weighted by molar-refractivity contribution is 0.0949. The molecule has 2 fully saturated rings. The van der Waals surface area contributed by atoms with Crippen molar-refractivity contribution in [2.75, 3.05) is 19.6 Å². The predicted octanol–water partition coefficient (Wildman–Crippen LogP) is 4.01. The Hall–Kier alpha value is -0.0500. The van der Waals surface area contributed by atoms with Crippen molar-refractivity contribution in [2.45, 2.75) is 64.5 Å². The first kappa shape index (κ1) is 16.3. The van der Waals surface area contributed by atoms with Crippen molar-refractivity contribution in [1.82, 2.24) is 10.2 Å². The van der Waals surface area contributed by atoms with Gasteiger partial charge in [0.05, 0.1) is 0 Å². The molecule has 2 atom stereocenters. The highest BCUT2D eigenvalue weighted by Gasteiger charge is 2.32. The predicted molar refractivity (Wildman–Crippen MR) is 88.2 cm³/mol. The normalized spacial score (nSPS) is 30.4. The van der Waals surface area contributed by atoms with E-state index in [-0.39, 0.29) is 0 Å². The van der Waals surface area contributed by atoms with E-state index in [0.29, 0.717) is 12.1 Å². The highest BCUT2D eigenvalue weighted by Crippen LogP contribution is 2.29. The van der Waals surface area contributed by atoms with Crippen LogP contribution in [0.1, 0.15) is 52.4 Å². The molecule has 0 aromatic heterocycles. The van der Waals surface area contributed by atoms with Crippen molar-refractivity contribution in [1.29, 1.82) is 0 Å². The minimum Gasteiger partial charge on any atom is -0.311 e. The van der Waals surface area contributed by atoms with Crippen molar-refractivity contribution in [3.63, 3.8) is 0 Å². The fourth-order valence-corrected chi connectivity index (χ4v) is 3.99. The lowest BCUT2D eigenvalue weighted by Crippen LogP contribution is -2.59. The van der Waals surface area contributed by atoms with Gasteiger partial charge >= 0.3 is 0 Å². The van der Waals surface area contributed by atoms with E-state index in [4.69, 9.17) is 11.6 Å². The molecule has 0 spiro atoms. The van der Waals surface area contributed by atoms with E-state index < -0.39 is 0 Å². The van der Waals surface area contributed by atoms with Crippen LogP contribution in [0.25, 0.3) is 0 Å². The fraction of sp³-hybridized carbons (Fsp3) is 0.882. The average Bonchev–Trinajstić information content (AvgIpc) is 2.46. The Morgan fingerprint density at radius 2 is 2.00 bits per heavy atom. The Balaban J connectivity index is 1.92. The Morgan fingerprint density at radius 3 is 2.65 bits per heavy atom. The summed E-state index contributed by atoms with van der Waals surface area (Å²) in [5, 5.41) is 3.85. The molecule has 2 nitrogen and oxygen atoms in total. The van der Waals surface area contributed by atoms with E-state index in [9.17, 15) is 0 Å². The molecule has 1 aliphatic heterocycles. The van der Waals surface area contributed by atoms with E-state index in [1.807, 2.05) is 0 Å². The molecular formula is C17H31ClN2. The topological polar surface area (TPSA) is 15.3 Å². The summed E-state index contributed by atoms with van der Waals surface area (Å²) in [6.45, 7) is 8.00.